The van der Waals surface area contributed by atoms with Crippen LogP contribution in [0.5, 0.6) is 0 Å². The number of carbonyl (C=O) groups is 1. The molecular weight excluding hydrogens is 307 g/mol. The van der Waals surface area contributed by atoms with E-state index in [2.05, 4.69) is 15.2 Å². The molecule has 2 rings (SSSR count). The second-order valence-electron chi connectivity index (χ2n) is 3.88. The molecule has 0 saturated heterocycles. The Labute approximate surface area is 124 Å². The molecule has 0 unspecified atom stereocenters. The molecule has 0 saturated carbocycles. The van der Waals surface area contributed by atoms with Gasteiger partial charge in [0.05, 0.1) is 17.1 Å². The van der Waals surface area contributed by atoms with Gasteiger partial charge in [-0.05, 0) is 13.0 Å². The van der Waals surface area contributed by atoms with Crippen LogP contribution in [0.2, 0.25) is 10.3 Å². The maximum atomic E-state index is 12.2. The van der Waals surface area contributed by atoms with Crippen molar-refractivity contribution < 1.29 is 4.79 Å². The van der Waals surface area contributed by atoms with Gasteiger partial charge in [-0.2, -0.15) is 0 Å². The van der Waals surface area contributed by atoms with Gasteiger partial charge in [0.1, 0.15) is 0 Å². The van der Waals surface area contributed by atoms with Gasteiger partial charge < -0.3 is 4.90 Å². The van der Waals surface area contributed by atoms with Crippen LogP contribution in [0, 0.1) is 6.92 Å². The van der Waals surface area contributed by atoms with Gasteiger partial charge in [-0.1, -0.05) is 23.2 Å². The summed E-state index contributed by atoms with van der Waals surface area (Å²) < 4.78 is 0. The molecule has 0 radical (unpaired) electrons. The van der Waals surface area contributed by atoms with Crippen LogP contribution in [0.15, 0.2) is 12.3 Å². The Kier molecular flexibility index (Phi) is 4.34. The third-order valence-electron chi connectivity index (χ3n) is 2.36. The highest BCUT2D eigenvalue weighted by molar-refractivity contribution is 7.11. The van der Waals surface area contributed by atoms with Crippen molar-refractivity contribution in [3.05, 3.63) is 38.0 Å². The summed E-state index contributed by atoms with van der Waals surface area (Å²) in [6.07, 6.45) is 1.75. The first-order valence-corrected chi connectivity index (χ1v) is 6.90. The van der Waals surface area contributed by atoms with E-state index in [0.29, 0.717) is 6.54 Å². The van der Waals surface area contributed by atoms with Gasteiger partial charge in [-0.15, -0.1) is 21.5 Å². The van der Waals surface area contributed by atoms with Crippen LogP contribution in [0.4, 0.5) is 0 Å². The number of hydrogen-bond donors (Lipinski definition) is 0. The SMILES string of the molecule is Cc1ncc(CN(C)C(=O)c2cc(Cl)nnc2Cl)s1. The molecule has 19 heavy (non-hydrogen) atoms. The lowest BCUT2D eigenvalue weighted by Gasteiger charge is -2.16. The number of nitrogens with zero attached hydrogens (tertiary/aromatic N) is 4. The van der Waals surface area contributed by atoms with Crippen LogP contribution in [0.1, 0.15) is 20.2 Å². The summed E-state index contributed by atoms with van der Waals surface area (Å²) in [6.45, 7) is 2.38. The highest BCUT2D eigenvalue weighted by Gasteiger charge is 2.18. The van der Waals surface area contributed by atoms with E-state index in [1.54, 1.807) is 24.6 Å². The lowest BCUT2D eigenvalue weighted by atomic mass is 10.2. The van der Waals surface area contributed by atoms with Gasteiger partial charge in [0, 0.05) is 18.1 Å². The highest BCUT2D eigenvalue weighted by atomic mass is 35.5. The topological polar surface area (TPSA) is 59.0 Å². The van der Waals surface area contributed by atoms with Crippen molar-refractivity contribution >= 4 is 40.4 Å². The molecule has 0 aromatic carbocycles. The Balaban J connectivity index is 2.16. The fourth-order valence-corrected chi connectivity index (χ4v) is 2.66. The molecule has 0 N–H and O–H groups in total. The average Bonchev–Trinajstić information content (AvgIpc) is 2.77. The Hall–Kier alpha value is -1.24. The summed E-state index contributed by atoms with van der Waals surface area (Å²) in [5, 5.41) is 8.33. The van der Waals surface area contributed by atoms with Crippen molar-refractivity contribution in [3.8, 4) is 0 Å². The van der Waals surface area contributed by atoms with E-state index in [-0.39, 0.29) is 21.8 Å². The van der Waals surface area contributed by atoms with E-state index in [0.717, 1.165) is 9.88 Å². The zero-order valence-electron chi connectivity index (χ0n) is 10.2. The highest BCUT2D eigenvalue weighted by Crippen LogP contribution is 2.19. The molecule has 1 amide bonds. The van der Waals surface area contributed by atoms with E-state index in [4.69, 9.17) is 23.2 Å². The minimum Gasteiger partial charge on any atom is -0.336 e. The van der Waals surface area contributed by atoms with Crippen LogP contribution in [0.3, 0.4) is 0 Å². The largest absolute Gasteiger partial charge is 0.336 e. The molecule has 0 bridgehead atoms. The second kappa shape index (κ2) is 5.81. The number of halogens is 2. The summed E-state index contributed by atoms with van der Waals surface area (Å²) in [5.74, 6) is -0.257. The maximum absolute atomic E-state index is 12.2. The van der Waals surface area contributed by atoms with Gasteiger partial charge in [0.2, 0.25) is 0 Å². The Morgan fingerprint density at radius 3 is 2.79 bits per heavy atom. The molecule has 8 heteroatoms. The third kappa shape index (κ3) is 3.40. The zero-order chi connectivity index (χ0) is 14.0. The van der Waals surface area contributed by atoms with Crippen molar-refractivity contribution in [2.75, 3.05) is 7.05 Å². The van der Waals surface area contributed by atoms with Crippen LogP contribution in [-0.2, 0) is 6.54 Å². The number of aromatic nitrogens is 3. The molecule has 5 nitrogen and oxygen atoms in total. The summed E-state index contributed by atoms with van der Waals surface area (Å²) >= 11 is 13.1. The number of aryl methyl sites for hydroxylation is 1. The monoisotopic (exact) mass is 316 g/mol. The number of hydrogen-bond acceptors (Lipinski definition) is 5. The molecular formula is C11H10Cl2N4OS. The Morgan fingerprint density at radius 1 is 1.42 bits per heavy atom. The first kappa shape index (κ1) is 14.2. The molecule has 0 aliphatic rings. The standard InChI is InChI=1S/C11H10Cl2N4OS/c1-6-14-4-7(19-6)5-17(2)11(18)8-3-9(12)15-16-10(8)13/h3-4H,5H2,1-2H3. The number of rotatable bonds is 3. The zero-order valence-corrected chi connectivity index (χ0v) is 12.6. The van der Waals surface area contributed by atoms with Crippen molar-refractivity contribution in [1.29, 1.82) is 0 Å². The number of amides is 1. The lowest BCUT2D eigenvalue weighted by Crippen LogP contribution is -2.26. The van der Waals surface area contributed by atoms with E-state index in [9.17, 15) is 4.79 Å². The maximum Gasteiger partial charge on any atom is 0.257 e. The third-order valence-corrected chi connectivity index (χ3v) is 3.72. The molecule has 2 aromatic rings. The number of thiazole rings is 1. The van der Waals surface area contributed by atoms with Gasteiger partial charge >= 0.3 is 0 Å². The van der Waals surface area contributed by atoms with E-state index >= 15 is 0 Å². The van der Waals surface area contributed by atoms with E-state index in [1.165, 1.54) is 11.0 Å². The van der Waals surface area contributed by atoms with Crippen LogP contribution < -0.4 is 0 Å². The predicted molar refractivity (Wildman–Crippen MR) is 74.7 cm³/mol. The van der Waals surface area contributed by atoms with E-state index < -0.39 is 0 Å². The van der Waals surface area contributed by atoms with Gasteiger partial charge in [0.25, 0.3) is 5.91 Å². The van der Waals surface area contributed by atoms with Crippen LogP contribution in [-0.4, -0.2) is 33.0 Å². The normalized spacial score (nSPS) is 10.5. The molecule has 0 atom stereocenters. The van der Waals surface area contributed by atoms with Crippen molar-refractivity contribution in [2.45, 2.75) is 13.5 Å². The van der Waals surface area contributed by atoms with Crippen LogP contribution >= 0.6 is 34.5 Å². The van der Waals surface area contributed by atoms with Gasteiger partial charge in [-0.25, -0.2) is 4.98 Å². The summed E-state index contributed by atoms with van der Waals surface area (Å²) in [5.41, 5.74) is 0.241. The molecule has 0 spiro atoms. The first-order chi connectivity index (χ1) is 8.97. The smallest absolute Gasteiger partial charge is 0.257 e. The fraction of sp³-hybridized carbons (Fsp3) is 0.273. The summed E-state index contributed by atoms with van der Waals surface area (Å²) in [4.78, 5) is 18.9. The first-order valence-electron chi connectivity index (χ1n) is 5.33. The fourth-order valence-electron chi connectivity index (χ4n) is 1.49. The molecule has 0 aliphatic heterocycles. The molecule has 100 valence electrons. The lowest BCUT2D eigenvalue weighted by molar-refractivity contribution is 0.0786. The Morgan fingerprint density at radius 2 is 2.16 bits per heavy atom. The second-order valence-corrected chi connectivity index (χ2v) is 5.94. The average molecular weight is 317 g/mol. The summed E-state index contributed by atoms with van der Waals surface area (Å²) in [6, 6.07) is 1.41. The number of carbonyl (C=O) groups excluding carboxylic acids is 1. The van der Waals surface area contributed by atoms with Crippen LogP contribution in [0.25, 0.3) is 0 Å². The van der Waals surface area contributed by atoms with Gasteiger partial charge in [-0.3, -0.25) is 4.79 Å². The predicted octanol–water partition coefficient (Wildman–Crippen LogP) is 2.82. The van der Waals surface area contributed by atoms with Crippen molar-refractivity contribution in [2.24, 2.45) is 0 Å². The molecule has 2 aromatic heterocycles. The minimum absolute atomic E-state index is 0.0433. The van der Waals surface area contributed by atoms with E-state index in [1.807, 2.05) is 6.92 Å². The molecule has 0 aliphatic carbocycles. The van der Waals surface area contributed by atoms with Gasteiger partial charge in [0.15, 0.2) is 10.3 Å². The molecule has 0 fully saturated rings. The summed E-state index contributed by atoms with van der Waals surface area (Å²) in [7, 11) is 1.68. The quantitative estimate of drug-likeness (QED) is 0.873. The van der Waals surface area contributed by atoms with Crippen molar-refractivity contribution in [3.63, 3.8) is 0 Å². The van der Waals surface area contributed by atoms with Crippen molar-refractivity contribution in [1.82, 2.24) is 20.1 Å². The minimum atomic E-state index is -0.257. The molecule has 2 heterocycles. The Bertz CT molecular complexity index is 616.